The molecule has 1 aliphatic heterocycles. The molecule has 0 radical (unpaired) electrons. The fraction of sp³-hybridized carbons (Fsp3) is 0.706. The van der Waals surface area contributed by atoms with Crippen LogP contribution in [-0.2, 0) is 0 Å². The number of piperidine rings is 1. The molecule has 0 unspecified atom stereocenters. The van der Waals surface area contributed by atoms with Crippen molar-refractivity contribution in [2.75, 3.05) is 23.3 Å². The molecule has 2 fully saturated rings. The number of hydrogen-bond donors (Lipinski definition) is 2. The maximum atomic E-state index is 6.18. The molecule has 7 heteroatoms. The van der Waals surface area contributed by atoms with Crippen LogP contribution >= 0.6 is 23.8 Å². The van der Waals surface area contributed by atoms with E-state index in [1.54, 1.807) is 0 Å². The lowest BCUT2D eigenvalue weighted by Crippen LogP contribution is -2.38. The van der Waals surface area contributed by atoms with Gasteiger partial charge in [0, 0.05) is 25.2 Å². The van der Waals surface area contributed by atoms with E-state index < -0.39 is 0 Å². The topological polar surface area (TPSA) is 53.1 Å². The van der Waals surface area contributed by atoms with E-state index in [0.29, 0.717) is 22.3 Å². The van der Waals surface area contributed by atoms with Crippen LogP contribution in [0.5, 0.6) is 0 Å². The first-order valence-electron chi connectivity index (χ1n) is 9.08. The molecule has 2 aliphatic rings. The Morgan fingerprint density at radius 1 is 1.04 bits per heavy atom. The third-order valence-corrected chi connectivity index (χ3v) is 5.19. The van der Waals surface area contributed by atoms with Crippen LogP contribution in [0.4, 0.5) is 11.8 Å². The predicted molar refractivity (Wildman–Crippen MR) is 104 cm³/mol. The molecular formula is C17H26ClN5S. The number of nitrogens with one attached hydrogen (secondary N) is 2. The number of rotatable bonds is 3. The summed E-state index contributed by atoms with van der Waals surface area (Å²) in [6.07, 6.45) is 11.2. The van der Waals surface area contributed by atoms with Crippen molar-refractivity contribution in [3.63, 3.8) is 0 Å². The molecule has 1 saturated heterocycles. The lowest BCUT2D eigenvalue weighted by Gasteiger charge is -2.28. The van der Waals surface area contributed by atoms with Gasteiger partial charge in [-0.15, -0.1) is 0 Å². The fourth-order valence-electron chi connectivity index (χ4n) is 3.49. The number of anilines is 2. The molecule has 1 saturated carbocycles. The van der Waals surface area contributed by atoms with E-state index in [0.717, 1.165) is 18.9 Å². The highest BCUT2D eigenvalue weighted by Gasteiger charge is 2.16. The maximum Gasteiger partial charge on any atom is 0.232 e. The standard InChI is InChI=1S/C17H26ClN5S/c18-14-12-15(23-10-6-3-7-11-23)21-16(20-14)22-17(24)19-13-8-4-1-2-5-9-13/h12-13H,1-11H2,(H2,19,20,21,22,24). The largest absolute Gasteiger partial charge is 0.360 e. The van der Waals surface area contributed by atoms with Crippen LogP contribution in [0.1, 0.15) is 57.8 Å². The molecule has 1 aromatic heterocycles. The molecule has 0 aromatic carbocycles. The molecule has 5 nitrogen and oxygen atoms in total. The van der Waals surface area contributed by atoms with Crippen LogP contribution in [0.3, 0.4) is 0 Å². The molecule has 132 valence electrons. The Morgan fingerprint density at radius 2 is 1.71 bits per heavy atom. The SMILES string of the molecule is S=C(Nc1nc(Cl)cc(N2CCCCC2)n1)NC1CCCCCC1. The van der Waals surface area contributed by atoms with E-state index in [4.69, 9.17) is 23.8 Å². The lowest BCUT2D eigenvalue weighted by atomic mass is 10.1. The average Bonchev–Trinajstić information content (AvgIpc) is 2.83. The zero-order valence-electron chi connectivity index (χ0n) is 14.1. The highest BCUT2D eigenvalue weighted by Crippen LogP contribution is 2.22. The quantitative estimate of drug-likeness (QED) is 0.476. The molecule has 2 heterocycles. The van der Waals surface area contributed by atoms with Gasteiger partial charge in [0.15, 0.2) is 5.11 Å². The van der Waals surface area contributed by atoms with Crippen molar-refractivity contribution in [2.45, 2.75) is 63.8 Å². The third kappa shape index (κ3) is 5.18. The summed E-state index contributed by atoms with van der Waals surface area (Å²) in [6, 6.07) is 2.29. The van der Waals surface area contributed by atoms with Gasteiger partial charge in [-0.1, -0.05) is 37.3 Å². The van der Waals surface area contributed by atoms with E-state index in [9.17, 15) is 0 Å². The minimum absolute atomic E-state index is 0.449. The van der Waals surface area contributed by atoms with E-state index in [2.05, 4.69) is 25.5 Å². The summed E-state index contributed by atoms with van der Waals surface area (Å²) in [5, 5.41) is 7.57. The first kappa shape index (κ1) is 17.7. The minimum Gasteiger partial charge on any atom is -0.360 e. The summed E-state index contributed by atoms with van der Waals surface area (Å²) in [4.78, 5) is 11.1. The monoisotopic (exact) mass is 367 g/mol. The lowest BCUT2D eigenvalue weighted by molar-refractivity contribution is 0.535. The highest BCUT2D eigenvalue weighted by molar-refractivity contribution is 7.80. The first-order valence-corrected chi connectivity index (χ1v) is 9.86. The molecule has 0 amide bonds. The molecule has 2 N–H and O–H groups in total. The fourth-order valence-corrected chi connectivity index (χ4v) is 3.93. The minimum atomic E-state index is 0.449. The van der Waals surface area contributed by atoms with E-state index in [1.807, 2.05) is 6.07 Å². The molecule has 0 atom stereocenters. The van der Waals surface area contributed by atoms with Gasteiger partial charge in [0.05, 0.1) is 0 Å². The van der Waals surface area contributed by atoms with Crippen molar-refractivity contribution in [3.8, 4) is 0 Å². The molecular weight excluding hydrogens is 342 g/mol. The smallest absolute Gasteiger partial charge is 0.232 e. The van der Waals surface area contributed by atoms with Crippen LogP contribution in [0.25, 0.3) is 0 Å². The molecule has 0 bridgehead atoms. The van der Waals surface area contributed by atoms with Crippen molar-refractivity contribution in [2.24, 2.45) is 0 Å². The molecule has 0 spiro atoms. The van der Waals surface area contributed by atoms with Crippen molar-refractivity contribution >= 4 is 40.7 Å². The van der Waals surface area contributed by atoms with E-state index in [1.165, 1.54) is 57.8 Å². The number of aromatic nitrogens is 2. The van der Waals surface area contributed by atoms with Crippen LogP contribution in [0.15, 0.2) is 6.07 Å². The summed E-state index contributed by atoms with van der Waals surface area (Å²) in [5.74, 6) is 1.36. The highest BCUT2D eigenvalue weighted by atomic mass is 35.5. The van der Waals surface area contributed by atoms with Gasteiger partial charge in [-0.3, -0.25) is 0 Å². The number of halogens is 1. The van der Waals surface area contributed by atoms with Gasteiger partial charge in [-0.25, -0.2) is 4.98 Å². The van der Waals surface area contributed by atoms with Crippen molar-refractivity contribution in [1.29, 1.82) is 0 Å². The zero-order valence-corrected chi connectivity index (χ0v) is 15.6. The van der Waals surface area contributed by atoms with Gasteiger partial charge < -0.3 is 15.5 Å². The van der Waals surface area contributed by atoms with Crippen molar-refractivity contribution in [1.82, 2.24) is 15.3 Å². The van der Waals surface area contributed by atoms with Crippen molar-refractivity contribution < 1.29 is 0 Å². The molecule has 3 rings (SSSR count). The van der Waals surface area contributed by atoms with Crippen LogP contribution in [-0.4, -0.2) is 34.2 Å². The Morgan fingerprint density at radius 3 is 2.42 bits per heavy atom. The predicted octanol–water partition coefficient (Wildman–Crippen LogP) is 4.13. The molecule has 1 aromatic rings. The van der Waals surface area contributed by atoms with Crippen LogP contribution in [0, 0.1) is 0 Å². The summed E-state index contributed by atoms with van der Waals surface area (Å²) < 4.78 is 0. The summed E-state index contributed by atoms with van der Waals surface area (Å²) in [6.45, 7) is 2.05. The molecule has 1 aliphatic carbocycles. The van der Waals surface area contributed by atoms with Gasteiger partial charge in [0.1, 0.15) is 11.0 Å². The Hall–Kier alpha value is -1.14. The van der Waals surface area contributed by atoms with Gasteiger partial charge in [-0.05, 0) is 44.3 Å². The zero-order chi connectivity index (χ0) is 16.8. The number of hydrogen-bond acceptors (Lipinski definition) is 4. The first-order chi connectivity index (χ1) is 11.7. The second-order valence-electron chi connectivity index (χ2n) is 6.71. The molecule has 24 heavy (non-hydrogen) atoms. The van der Waals surface area contributed by atoms with E-state index >= 15 is 0 Å². The van der Waals surface area contributed by atoms with Gasteiger partial charge in [-0.2, -0.15) is 4.98 Å². The number of thiocarbonyl (C=S) groups is 1. The maximum absolute atomic E-state index is 6.18. The van der Waals surface area contributed by atoms with Crippen molar-refractivity contribution in [3.05, 3.63) is 11.2 Å². The average molecular weight is 368 g/mol. The Balaban J connectivity index is 1.61. The van der Waals surface area contributed by atoms with Crippen LogP contribution in [0.2, 0.25) is 5.15 Å². The second kappa shape index (κ2) is 8.81. The summed E-state index contributed by atoms with van der Waals surface area (Å²) >= 11 is 11.6. The Bertz CT molecular complexity index is 554. The van der Waals surface area contributed by atoms with Gasteiger partial charge in [0.25, 0.3) is 0 Å². The van der Waals surface area contributed by atoms with E-state index in [-0.39, 0.29) is 0 Å². The summed E-state index contributed by atoms with van der Waals surface area (Å²) in [5.41, 5.74) is 0. The Kier molecular flexibility index (Phi) is 6.49. The van der Waals surface area contributed by atoms with Crippen LogP contribution < -0.4 is 15.5 Å². The summed E-state index contributed by atoms with van der Waals surface area (Å²) in [7, 11) is 0. The number of nitrogens with zero attached hydrogens (tertiary/aromatic N) is 3. The van der Waals surface area contributed by atoms with Gasteiger partial charge >= 0.3 is 0 Å². The third-order valence-electron chi connectivity index (χ3n) is 4.78. The normalized spacial score (nSPS) is 19.6. The Labute approximate surface area is 154 Å². The second-order valence-corrected chi connectivity index (χ2v) is 7.50. The van der Waals surface area contributed by atoms with Gasteiger partial charge in [0.2, 0.25) is 5.95 Å².